The molecule has 2 saturated carbocycles. The molecule has 2 aromatic rings. The van der Waals surface area contributed by atoms with Gasteiger partial charge in [-0.3, -0.25) is 0 Å². The number of nitrogens with one attached hydrogen (secondary N) is 2. The van der Waals surface area contributed by atoms with E-state index in [2.05, 4.69) is 21.8 Å². The van der Waals surface area contributed by atoms with Gasteiger partial charge in [-0.15, -0.1) is 0 Å². The van der Waals surface area contributed by atoms with E-state index in [0.717, 1.165) is 30.7 Å². The first-order chi connectivity index (χ1) is 13.4. The van der Waals surface area contributed by atoms with Crippen molar-refractivity contribution in [3.8, 4) is 0 Å². The zero-order chi connectivity index (χ0) is 19.7. The number of ether oxygens (including phenoxy) is 1. The minimum atomic E-state index is -0.473. The van der Waals surface area contributed by atoms with Crippen LogP contribution in [0.25, 0.3) is 5.65 Å². The number of anilines is 1. The van der Waals surface area contributed by atoms with E-state index in [1.54, 1.807) is 6.20 Å². The number of carbonyl (C=O) groups excluding carboxylic acids is 1. The van der Waals surface area contributed by atoms with Crippen molar-refractivity contribution in [2.75, 3.05) is 5.32 Å². The highest BCUT2D eigenvalue weighted by Gasteiger charge is 2.28. The molecule has 7 heteroatoms. The lowest BCUT2D eigenvalue weighted by atomic mass is 10.0. The largest absolute Gasteiger partial charge is 0.444 e. The van der Waals surface area contributed by atoms with Crippen molar-refractivity contribution in [2.24, 2.45) is 0 Å². The maximum Gasteiger partial charge on any atom is 0.407 e. The standard InChI is InChI=1S/C21H31N5O2/c1-21(2,3)28-20(27)24-16-9-8-15(12-16)23-19-13-17(14-6-4-5-7-14)25-18-10-11-22-26(18)19/h10-11,13-16,23H,4-9,12H2,1-3H3,(H,24,27)/t15-,16+/m0/s1. The summed E-state index contributed by atoms with van der Waals surface area (Å²) in [6.45, 7) is 5.64. The van der Waals surface area contributed by atoms with E-state index >= 15 is 0 Å². The second-order valence-corrected chi connectivity index (χ2v) is 9.15. The molecule has 1 amide bonds. The van der Waals surface area contributed by atoms with Crippen LogP contribution in [-0.4, -0.2) is 38.4 Å². The number of amides is 1. The van der Waals surface area contributed by atoms with Crippen LogP contribution < -0.4 is 10.6 Å². The molecule has 2 aliphatic rings. The Balaban J connectivity index is 1.42. The predicted molar refractivity (Wildman–Crippen MR) is 109 cm³/mol. The van der Waals surface area contributed by atoms with E-state index in [-0.39, 0.29) is 12.1 Å². The van der Waals surface area contributed by atoms with Crippen molar-refractivity contribution in [3.63, 3.8) is 0 Å². The Morgan fingerprint density at radius 1 is 1.18 bits per heavy atom. The number of aromatic nitrogens is 3. The van der Waals surface area contributed by atoms with Gasteiger partial charge in [-0.05, 0) is 52.9 Å². The minimum Gasteiger partial charge on any atom is -0.444 e. The number of rotatable bonds is 4. The summed E-state index contributed by atoms with van der Waals surface area (Å²) in [6.07, 6.45) is 9.32. The molecule has 2 aliphatic carbocycles. The van der Waals surface area contributed by atoms with Crippen LogP contribution in [0, 0.1) is 0 Å². The van der Waals surface area contributed by atoms with Crippen molar-refractivity contribution in [1.82, 2.24) is 19.9 Å². The molecule has 0 bridgehead atoms. The zero-order valence-electron chi connectivity index (χ0n) is 17.1. The van der Waals surface area contributed by atoms with Crippen LogP contribution in [0.1, 0.15) is 77.3 Å². The Labute approximate surface area is 166 Å². The van der Waals surface area contributed by atoms with Crippen LogP contribution in [0.3, 0.4) is 0 Å². The van der Waals surface area contributed by atoms with E-state index in [1.807, 2.05) is 31.4 Å². The van der Waals surface area contributed by atoms with E-state index < -0.39 is 5.60 Å². The molecule has 0 radical (unpaired) electrons. The molecular formula is C21H31N5O2. The normalized spacial score (nSPS) is 23.2. The maximum absolute atomic E-state index is 12.0. The van der Waals surface area contributed by atoms with Gasteiger partial charge in [0.2, 0.25) is 0 Å². The molecular weight excluding hydrogens is 354 g/mol. The molecule has 0 unspecified atom stereocenters. The van der Waals surface area contributed by atoms with Gasteiger partial charge in [-0.25, -0.2) is 9.78 Å². The molecule has 2 atom stereocenters. The SMILES string of the molecule is CC(C)(C)OC(=O)N[C@@H]1CC[C@H](Nc2cc(C3CCCC3)nc3ccnn23)C1. The summed E-state index contributed by atoms with van der Waals surface area (Å²) in [6, 6.07) is 4.57. The quantitative estimate of drug-likeness (QED) is 0.823. The Morgan fingerprint density at radius 3 is 2.68 bits per heavy atom. The summed E-state index contributed by atoms with van der Waals surface area (Å²) in [5, 5.41) is 11.1. The van der Waals surface area contributed by atoms with Gasteiger partial charge in [0.05, 0.1) is 6.20 Å². The molecule has 0 aromatic carbocycles. The Bertz CT molecular complexity index is 835. The fraction of sp³-hybridized carbons (Fsp3) is 0.667. The van der Waals surface area contributed by atoms with Crippen LogP contribution in [0.2, 0.25) is 0 Å². The highest BCUT2D eigenvalue weighted by molar-refractivity contribution is 5.68. The molecule has 2 heterocycles. The summed E-state index contributed by atoms with van der Waals surface area (Å²) in [7, 11) is 0. The van der Waals surface area contributed by atoms with Crippen molar-refractivity contribution in [2.45, 2.75) is 89.3 Å². The topological polar surface area (TPSA) is 80.5 Å². The molecule has 2 N–H and O–H groups in total. The van der Waals surface area contributed by atoms with Crippen LogP contribution in [0.15, 0.2) is 18.3 Å². The van der Waals surface area contributed by atoms with E-state index in [9.17, 15) is 4.79 Å². The summed E-state index contributed by atoms with van der Waals surface area (Å²) in [4.78, 5) is 16.9. The Hall–Kier alpha value is -2.31. The number of carbonyl (C=O) groups is 1. The van der Waals surface area contributed by atoms with Crippen LogP contribution in [-0.2, 0) is 4.74 Å². The van der Waals surface area contributed by atoms with Crippen molar-refractivity contribution < 1.29 is 9.53 Å². The van der Waals surface area contributed by atoms with E-state index in [4.69, 9.17) is 9.72 Å². The third-order valence-corrected chi connectivity index (χ3v) is 5.66. The second-order valence-electron chi connectivity index (χ2n) is 9.15. The highest BCUT2D eigenvalue weighted by atomic mass is 16.6. The van der Waals surface area contributed by atoms with E-state index in [1.165, 1.54) is 31.4 Å². The molecule has 2 fully saturated rings. The second kappa shape index (κ2) is 7.60. The first-order valence-electron chi connectivity index (χ1n) is 10.5. The van der Waals surface area contributed by atoms with Gasteiger partial charge in [0, 0.05) is 35.8 Å². The molecule has 4 rings (SSSR count). The van der Waals surface area contributed by atoms with Gasteiger partial charge >= 0.3 is 6.09 Å². The first-order valence-corrected chi connectivity index (χ1v) is 10.5. The Kier molecular flexibility index (Phi) is 5.17. The maximum atomic E-state index is 12.0. The Morgan fingerprint density at radius 2 is 1.93 bits per heavy atom. The summed E-state index contributed by atoms with van der Waals surface area (Å²) >= 11 is 0. The number of hydrogen-bond donors (Lipinski definition) is 2. The first kappa shape index (κ1) is 19.0. The fourth-order valence-corrected chi connectivity index (χ4v) is 4.39. The van der Waals surface area contributed by atoms with Gasteiger partial charge in [0.15, 0.2) is 5.65 Å². The average Bonchev–Trinajstić information content (AvgIpc) is 3.34. The lowest BCUT2D eigenvalue weighted by Crippen LogP contribution is -2.38. The number of alkyl carbamates (subject to hydrolysis) is 1. The molecule has 0 aliphatic heterocycles. The van der Waals surface area contributed by atoms with Crippen LogP contribution >= 0.6 is 0 Å². The lowest BCUT2D eigenvalue weighted by Gasteiger charge is -2.22. The molecule has 0 saturated heterocycles. The lowest BCUT2D eigenvalue weighted by molar-refractivity contribution is 0.0505. The molecule has 2 aromatic heterocycles. The van der Waals surface area contributed by atoms with Gasteiger partial charge in [-0.1, -0.05) is 12.8 Å². The zero-order valence-corrected chi connectivity index (χ0v) is 17.1. The highest BCUT2D eigenvalue weighted by Crippen LogP contribution is 2.34. The van der Waals surface area contributed by atoms with Crippen LogP contribution in [0.4, 0.5) is 10.6 Å². The number of fused-ring (bicyclic) bond motifs is 1. The summed E-state index contributed by atoms with van der Waals surface area (Å²) in [5.41, 5.74) is 1.60. The molecule has 152 valence electrons. The minimum absolute atomic E-state index is 0.136. The van der Waals surface area contributed by atoms with Crippen LogP contribution in [0.5, 0.6) is 0 Å². The van der Waals surface area contributed by atoms with Crippen molar-refractivity contribution >= 4 is 17.6 Å². The van der Waals surface area contributed by atoms with Crippen molar-refractivity contribution in [1.29, 1.82) is 0 Å². The average molecular weight is 386 g/mol. The molecule has 0 spiro atoms. The smallest absolute Gasteiger partial charge is 0.407 e. The molecule has 7 nitrogen and oxygen atoms in total. The summed E-state index contributed by atoms with van der Waals surface area (Å²) in [5.74, 6) is 1.56. The molecule has 28 heavy (non-hydrogen) atoms. The third kappa shape index (κ3) is 4.39. The van der Waals surface area contributed by atoms with Crippen molar-refractivity contribution in [3.05, 3.63) is 24.0 Å². The third-order valence-electron chi connectivity index (χ3n) is 5.66. The predicted octanol–water partition coefficient (Wildman–Crippen LogP) is 4.24. The van der Waals surface area contributed by atoms with Gasteiger partial charge in [0.1, 0.15) is 11.4 Å². The monoisotopic (exact) mass is 385 g/mol. The fourth-order valence-electron chi connectivity index (χ4n) is 4.39. The van der Waals surface area contributed by atoms with Gasteiger partial charge in [0.25, 0.3) is 0 Å². The summed E-state index contributed by atoms with van der Waals surface area (Å²) < 4.78 is 7.26. The number of nitrogens with zero attached hydrogens (tertiary/aromatic N) is 3. The number of hydrogen-bond acceptors (Lipinski definition) is 5. The van der Waals surface area contributed by atoms with Gasteiger partial charge < -0.3 is 15.4 Å². The van der Waals surface area contributed by atoms with E-state index in [0.29, 0.717) is 12.0 Å². The van der Waals surface area contributed by atoms with Gasteiger partial charge in [-0.2, -0.15) is 9.61 Å².